The van der Waals surface area contributed by atoms with Crippen LogP contribution in [-0.4, -0.2) is 115 Å². The first-order chi connectivity index (χ1) is 28.7. The summed E-state index contributed by atoms with van der Waals surface area (Å²) in [6.07, 6.45) is 16.2. The van der Waals surface area contributed by atoms with Gasteiger partial charge < -0.3 is 38.2 Å². The van der Waals surface area contributed by atoms with Gasteiger partial charge in [0, 0.05) is 44.7 Å². The van der Waals surface area contributed by atoms with Gasteiger partial charge in [-0.2, -0.15) is 0 Å². The van der Waals surface area contributed by atoms with Crippen LogP contribution in [0.1, 0.15) is 30.5 Å². The van der Waals surface area contributed by atoms with Crippen molar-refractivity contribution in [2.45, 2.75) is 20.4 Å². The third kappa shape index (κ3) is 16.1. The summed E-state index contributed by atoms with van der Waals surface area (Å²) < 4.78 is 35.1. The number of hydrogen-bond acceptors (Lipinski definition) is 13. The van der Waals surface area contributed by atoms with Crippen molar-refractivity contribution in [3.05, 3.63) is 95.3 Å². The SMILES string of the molecule is CC(C)C(/C=C/c1ccc2c(c1)OCCN2C)=C\C=NCCSC(=O)OCCOCCOCCOC(=O)SCC[n+]1ccc(/C=C/c2ccc3c(c2)OCCN3C)cc1. The minimum absolute atomic E-state index is 0.160. The molecule has 3 aromatic rings. The van der Waals surface area contributed by atoms with Crippen molar-refractivity contribution in [3.63, 3.8) is 0 Å². The Labute approximate surface area is 357 Å². The summed E-state index contributed by atoms with van der Waals surface area (Å²) in [4.78, 5) is 33.0. The summed E-state index contributed by atoms with van der Waals surface area (Å²) in [5.74, 6) is 3.27. The molecule has 0 spiro atoms. The number of hydrogen-bond donors (Lipinski definition) is 0. The summed E-state index contributed by atoms with van der Waals surface area (Å²) in [5.41, 5.74) is 6.64. The molecule has 3 heterocycles. The van der Waals surface area contributed by atoms with Gasteiger partial charge in [-0.1, -0.05) is 50.3 Å². The van der Waals surface area contributed by atoms with Gasteiger partial charge in [-0.25, -0.2) is 14.2 Å². The average molecular weight is 846 g/mol. The van der Waals surface area contributed by atoms with E-state index in [4.69, 9.17) is 28.4 Å². The molecule has 1 aromatic heterocycles. The lowest BCUT2D eigenvalue weighted by Crippen LogP contribution is -2.34. The standard InChI is InChI=1S/C45H57N4O8S2/c1-35(2)39(10-7-38-9-12-41-43(34-38)55-24-21-48(41)4)13-16-46-17-31-58-44(50)56-29-27-52-25-26-53-28-30-57-45(51)59-32-22-49-18-14-36(15-19-49)5-6-37-8-11-40-42(33-37)54-23-20-47(40)3/h5-16,18-19,33-35H,17,20-32H2,1-4H3/q+1/b10-7+,39-13-,46-16?. The molecule has 2 aliphatic heterocycles. The number of benzene rings is 2. The molecule has 0 saturated heterocycles. The lowest BCUT2D eigenvalue weighted by atomic mass is 10.0. The van der Waals surface area contributed by atoms with Gasteiger partial charge in [-0.3, -0.25) is 4.99 Å². The number of ether oxygens (including phenoxy) is 6. The zero-order valence-corrected chi connectivity index (χ0v) is 36.2. The molecule has 0 aliphatic carbocycles. The first kappa shape index (κ1) is 45.3. The maximum atomic E-state index is 12.1. The van der Waals surface area contributed by atoms with Crippen molar-refractivity contribution in [2.75, 3.05) is 108 Å². The lowest BCUT2D eigenvalue weighted by Gasteiger charge is -2.27. The highest BCUT2D eigenvalue weighted by Gasteiger charge is 2.16. The first-order valence-corrected chi connectivity index (χ1v) is 22.0. The maximum absolute atomic E-state index is 12.1. The third-order valence-corrected chi connectivity index (χ3v) is 10.8. The summed E-state index contributed by atoms with van der Waals surface area (Å²) >= 11 is 2.23. The molecular formula is C45H57N4O8S2+. The first-order valence-electron chi connectivity index (χ1n) is 20.0. The monoisotopic (exact) mass is 845 g/mol. The van der Waals surface area contributed by atoms with Crippen LogP contribution in [0.5, 0.6) is 11.5 Å². The van der Waals surface area contributed by atoms with Crippen LogP contribution in [0.2, 0.25) is 0 Å². The molecule has 59 heavy (non-hydrogen) atoms. The Hall–Kier alpha value is -4.76. The normalized spacial score (nSPS) is 14.2. The van der Waals surface area contributed by atoms with Crippen LogP contribution in [0.15, 0.2) is 83.6 Å². The number of carbonyl (C=O) groups excluding carboxylic acids is 2. The Morgan fingerprint density at radius 1 is 0.746 bits per heavy atom. The van der Waals surface area contributed by atoms with E-state index < -0.39 is 0 Å². The Morgan fingerprint density at radius 3 is 1.88 bits per heavy atom. The zero-order chi connectivity index (χ0) is 41.7. The molecule has 0 bridgehead atoms. The fraction of sp³-hybridized carbons (Fsp3) is 0.422. The Morgan fingerprint density at radius 2 is 1.29 bits per heavy atom. The topological polar surface area (TPSA) is 112 Å². The van der Waals surface area contributed by atoms with Gasteiger partial charge >= 0.3 is 10.6 Å². The van der Waals surface area contributed by atoms with Crippen LogP contribution in [0, 0.1) is 5.92 Å². The maximum Gasteiger partial charge on any atom is 0.367 e. The van der Waals surface area contributed by atoms with Crippen LogP contribution in [0.25, 0.3) is 18.2 Å². The van der Waals surface area contributed by atoms with E-state index in [0.29, 0.717) is 56.9 Å². The van der Waals surface area contributed by atoms with Gasteiger partial charge in [-0.15, -0.1) is 0 Å². The number of likely N-dealkylation sites (N-methyl/N-ethyl adjacent to an activating group) is 2. The van der Waals surface area contributed by atoms with Crippen LogP contribution >= 0.6 is 23.5 Å². The lowest BCUT2D eigenvalue weighted by molar-refractivity contribution is -0.692. The Balaban J connectivity index is 0.825. The summed E-state index contributed by atoms with van der Waals surface area (Å²) in [6.45, 7) is 10.2. The molecule has 0 unspecified atom stereocenters. The number of carbonyl (C=O) groups is 2. The molecule has 5 rings (SSSR count). The van der Waals surface area contributed by atoms with E-state index in [0.717, 1.165) is 81.8 Å². The third-order valence-electron chi connectivity index (χ3n) is 9.33. The summed E-state index contributed by atoms with van der Waals surface area (Å²) in [7, 11) is 4.15. The highest BCUT2D eigenvalue weighted by atomic mass is 32.2. The largest absolute Gasteiger partial charge is 0.490 e. The molecule has 12 nitrogen and oxygen atoms in total. The number of pyridine rings is 1. The molecule has 0 amide bonds. The fourth-order valence-corrected chi connectivity index (χ4v) is 7.08. The van der Waals surface area contributed by atoms with Gasteiger partial charge in [0.1, 0.15) is 37.9 Å². The average Bonchev–Trinajstić information content (AvgIpc) is 3.23. The van der Waals surface area contributed by atoms with Crippen molar-refractivity contribution in [1.82, 2.24) is 0 Å². The van der Waals surface area contributed by atoms with Gasteiger partial charge in [0.05, 0.1) is 56.6 Å². The zero-order valence-electron chi connectivity index (χ0n) is 34.6. The highest BCUT2D eigenvalue weighted by molar-refractivity contribution is 8.13. The molecule has 2 aromatic carbocycles. The Kier molecular flexibility index (Phi) is 19.2. The second-order valence-electron chi connectivity index (χ2n) is 14.0. The van der Waals surface area contributed by atoms with E-state index in [1.54, 1.807) is 6.21 Å². The smallest absolute Gasteiger partial charge is 0.367 e. The number of allylic oxidation sites excluding steroid dienone is 3. The number of aromatic nitrogens is 1. The van der Waals surface area contributed by atoms with Crippen molar-refractivity contribution in [1.29, 1.82) is 0 Å². The molecular weight excluding hydrogens is 789 g/mol. The van der Waals surface area contributed by atoms with E-state index in [9.17, 15) is 9.59 Å². The van der Waals surface area contributed by atoms with Crippen molar-refractivity contribution in [2.24, 2.45) is 10.9 Å². The van der Waals surface area contributed by atoms with Crippen LogP contribution in [0.4, 0.5) is 21.0 Å². The van der Waals surface area contributed by atoms with Crippen LogP contribution in [0.3, 0.4) is 0 Å². The van der Waals surface area contributed by atoms with Gasteiger partial charge in [-0.05, 0) is 82.0 Å². The van der Waals surface area contributed by atoms with E-state index in [2.05, 4.69) is 103 Å². The second-order valence-corrected chi connectivity index (χ2v) is 16.1. The van der Waals surface area contributed by atoms with E-state index in [-0.39, 0.29) is 37.0 Å². The van der Waals surface area contributed by atoms with Gasteiger partial charge in [0.25, 0.3) is 0 Å². The molecule has 0 saturated carbocycles. The Bertz CT molecular complexity index is 1920. The van der Waals surface area contributed by atoms with Gasteiger partial charge in [0.2, 0.25) is 0 Å². The number of nitrogens with zero attached hydrogens (tertiary/aromatic N) is 4. The number of fused-ring (bicyclic) bond motifs is 2. The highest BCUT2D eigenvalue weighted by Crippen LogP contribution is 2.33. The minimum atomic E-state index is -0.354. The van der Waals surface area contributed by atoms with Crippen LogP contribution < -0.4 is 23.8 Å². The number of anilines is 2. The van der Waals surface area contributed by atoms with E-state index in [1.807, 2.05) is 35.2 Å². The molecule has 14 heteroatoms. The molecule has 316 valence electrons. The summed E-state index contributed by atoms with van der Waals surface area (Å²) in [5, 5.41) is -0.685. The molecule has 0 radical (unpaired) electrons. The van der Waals surface area contributed by atoms with Crippen molar-refractivity contribution in [3.8, 4) is 11.5 Å². The molecule has 0 N–H and O–H groups in total. The fourth-order valence-electron chi connectivity index (χ4n) is 5.91. The summed E-state index contributed by atoms with van der Waals surface area (Å²) in [6, 6.07) is 16.6. The van der Waals surface area contributed by atoms with E-state index in [1.165, 1.54) is 0 Å². The minimum Gasteiger partial charge on any atom is -0.490 e. The van der Waals surface area contributed by atoms with Gasteiger partial charge in [0.15, 0.2) is 18.9 Å². The number of rotatable bonds is 21. The predicted molar refractivity (Wildman–Crippen MR) is 241 cm³/mol. The quantitative estimate of drug-likeness (QED) is 0.0341. The molecule has 0 atom stereocenters. The number of aryl methyl sites for hydroxylation is 1. The van der Waals surface area contributed by atoms with E-state index >= 15 is 0 Å². The molecule has 2 aliphatic rings. The number of thioether (sulfide) groups is 2. The second kappa shape index (κ2) is 25.0. The number of aliphatic imine (C=N–C) groups is 1. The predicted octanol–water partition coefficient (Wildman–Crippen LogP) is 7.94. The van der Waals surface area contributed by atoms with Crippen LogP contribution in [-0.2, 0) is 25.5 Å². The molecule has 0 fully saturated rings. The van der Waals surface area contributed by atoms with Crippen molar-refractivity contribution >= 4 is 69.9 Å². The van der Waals surface area contributed by atoms with Crippen molar-refractivity contribution < 1.29 is 42.6 Å².